The highest BCUT2D eigenvalue weighted by molar-refractivity contribution is 5.93. The van der Waals surface area contributed by atoms with Crippen LogP contribution in [0.15, 0.2) is 35.4 Å². The van der Waals surface area contributed by atoms with E-state index in [-0.39, 0.29) is 16.9 Å². The van der Waals surface area contributed by atoms with Crippen molar-refractivity contribution in [1.82, 2.24) is 23.7 Å². The van der Waals surface area contributed by atoms with Crippen LogP contribution in [0.1, 0.15) is 62.8 Å². The maximum Gasteiger partial charge on any atom is 0.330 e. The maximum absolute atomic E-state index is 12.8. The number of hydrogen-bond donors (Lipinski definition) is 0. The van der Waals surface area contributed by atoms with Crippen molar-refractivity contribution in [2.75, 3.05) is 0 Å². The SMILES string of the molecule is Cn1ccnc1C(=O)CC1CC=C(c2ccc3c(n2)n(C)c(=O)n3CC(C)(C)C)CC1. The van der Waals surface area contributed by atoms with E-state index in [2.05, 4.69) is 31.8 Å². The second kappa shape index (κ2) is 7.94. The molecule has 31 heavy (non-hydrogen) atoms. The number of fused-ring (bicyclic) bond motifs is 1. The third-order valence-electron chi connectivity index (χ3n) is 6.01. The molecule has 0 aliphatic heterocycles. The Kier molecular flexibility index (Phi) is 5.45. The van der Waals surface area contributed by atoms with Crippen molar-refractivity contribution in [2.24, 2.45) is 25.4 Å². The van der Waals surface area contributed by atoms with E-state index in [0.29, 0.717) is 24.7 Å². The molecule has 3 aromatic rings. The molecular formula is C24H31N5O2. The number of ketones is 1. The van der Waals surface area contributed by atoms with Gasteiger partial charge < -0.3 is 4.57 Å². The summed E-state index contributed by atoms with van der Waals surface area (Å²) in [5, 5.41) is 0. The van der Waals surface area contributed by atoms with Crippen molar-refractivity contribution in [3.63, 3.8) is 0 Å². The van der Waals surface area contributed by atoms with Crippen molar-refractivity contribution < 1.29 is 4.79 Å². The van der Waals surface area contributed by atoms with Gasteiger partial charge in [0.15, 0.2) is 17.3 Å². The van der Waals surface area contributed by atoms with Gasteiger partial charge in [-0.1, -0.05) is 26.8 Å². The van der Waals surface area contributed by atoms with Gasteiger partial charge in [-0.2, -0.15) is 0 Å². The van der Waals surface area contributed by atoms with Gasteiger partial charge >= 0.3 is 5.69 Å². The highest BCUT2D eigenvalue weighted by Crippen LogP contribution is 2.32. The van der Waals surface area contributed by atoms with Gasteiger partial charge in [0, 0.05) is 39.5 Å². The fourth-order valence-corrected chi connectivity index (χ4v) is 4.37. The van der Waals surface area contributed by atoms with E-state index >= 15 is 0 Å². The highest BCUT2D eigenvalue weighted by Gasteiger charge is 2.23. The van der Waals surface area contributed by atoms with E-state index < -0.39 is 0 Å². The molecule has 0 N–H and O–H groups in total. The number of aromatic nitrogens is 5. The molecule has 164 valence electrons. The molecule has 0 amide bonds. The van der Waals surface area contributed by atoms with E-state index in [1.807, 2.05) is 23.7 Å². The van der Waals surface area contributed by atoms with Gasteiger partial charge in [-0.25, -0.2) is 14.8 Å². The quantitative estimate of drug-likeness (QED) is 0.584. The zero-order valence-corrected chi connectivity index (χ0v) is 19.1. The Morgan fingerprint density at radius 1 is 1.23 bits per heavy atom. The lowest BCUT2D eigenvalue weighted by Crippen LogP contribution is -2.27. The summed E-state index contributed by atoms with van der Waals surface area (Å²) >= 11 is 0. The Morgan fingerprint density at radius 2 is 2.00 bits per heavy atom. The summed E-state index contributed by atoms with van der Waals surface area (Å²) in [5.74, 6) is 0.959. The van der Waals surface area contributed by atoms with Gasteiger partial charge in [0.05, 0.1) is 11.2 Å². The van der Waals surface area contributed by atoms with Crippen molar-refractivity contribution in [3.8, 4) is 0 Å². The van der Waals surface area contributed by atoms with Gasteiger partial charge in [-0.15, -0.1) is 0 Å². The number of nitrogens with zero attached hydrogens (tertiary/aromatic N) is 5. The lowest BCUT2D eigenvalue weighted by molar-refractivity contribution is 0.0945. The Morgan fingerprint density at radius 3 is 2.61 bits per heavy atom. The minimum atomic E-state index is -0.0277. The second-order valence-electron chi connectivity index (χ2n) is 9.89. The number of carbonyl (C=O) groups excluding carboxylic acids is 1. The van der Waals surface area contributed by atoms with Crippen LogP contribution in [0.3, 0.4) is 0 Å². The fourth-order valence-electron chi connectivity index (χ4n) is 4.37. The van der Waals surface area contributed by atoms with Gasteiger partial charge in [0.25, 0.3) is 0 Å². The summed E-state index contributed by atoms with van der Waals surface area (Å²) in [6, 6.07) is 4.04. The molecule has 0 aromatic carbocycles. The van der Waals surface area contributed by atoms with Crippen LogP contribution in [0.5, 0.6) is 0 Å². The molecule has 0 saturated carbocycles. The third-order valence-corrected chi connectivity index (χ3v) is 6.01. The number of rotatable bonds is 5. The monoisotopic (exact) mass is 421 g/mol. The first kappa shape index (κ1) is 21.3. The summed E-state index contributed by atoms with van der Waals surface area (Å²) in [4.78, 5) is 34.3. The van der Waals surface area contributed by atoms with Crippen molar-refractivity contribution in [1.29, 1.82) is 0 Å². The lowest BCUT2D eigenvalue weighted by atomic mass is 9.85. The van der Waals surface area contributed by atoms with Crippen LogP contribution in [0.4, 0.5) is 0 Å². The van der Waals surface area contributed by atoms with E-state index in [4.69, 9.17) is 4.98 Å². The number of pyridine rings is 1. The van der Waals surface area contributed by atoms with Crippen molar-refractivity contribution >= 4 is 22.5 Å². The molecule has 3 aromatic heterocycles. The summed E-state index contributed by atoms with van der Waals surface area (Å²) in [5.41, 5.74) is 3.69. The zero-order chi connectivity index (χ0) is 22.3. The summed E-state index contributed by atoms with van der Waals surface area (Å²) in [7, 11) is 3.64. The molecule has 1 unspecified atom stereocenters. The number of Topliss-reactive ketones (excluding diaryl/α,β-unsaturated/α-hetero) is 1. The topological polar surface area (TPSA) is 74.7 Å². The highest BCUT2D eigenvalue weighted by atomic mass is 16.1. The molecule has 7 heteroatoms. The zero-order valence-electron chi connectivity index (χ0n) is 19.1. The molecule has 3 heterocycles. The Balaban J connectivity index is 1.53. The first-order chi connectivity index (χ1) is 14.6. The predicted octanol–water partition coefficient (Wildman–Crippen LogP) is 3.97. The van der Waals surface area contributed by atoms with Crippen molar-refractivity contribution in [3.05, 3.63) is 52.6 Å². The molecule has 1 aliphatic rings. The van der Waals surface area contributed by atoms with E-state index in [9.17, 15) is 9.59 Å². The molecule has 1 atom stereocenters. The first-order valence-corrected chi connectivity index (χ1v) is 10.9. The number of aryl methyl sites for hydroxylation is 2. The van der Waals surface area contributed by atoms with Crippen LogP contribution in [0.2, 0.25) is 0 Å². The Bertz CT molecular complexity index is 1220. The van der Waals surface area contributed by atoms with Crippen LogP contribution in [0, 0.1) is 11.3 Å². The van der Waals surface area contributed by atoms with Crippen LogP contribution in [-0.4, -0.2) is 29.5 Å². The lowest BCUT2D eigenvalue weighted by Gasteiger charge is -2.21. The van der Waals surface area contributed by atoms with Crippen LogP contribution in [-0.2, 0) is 20.6 Å². The number of allylic oxidation sites excluding steroid dienone is 2. The minimum Gasteiger partial charge on any atom is -0.332 e. The van der Waals surface area contributed by atoms with Crippen LogP contribution < -0.4 is 5.69 Å². The summed E-state index contributed by atoms with van der Waals surface area (Å²) < 4.78 is 5.24. The first-order valence-electron chi connectivity index (χ1n) is 10.9. The molecular weight excluding hydrogens is 390 g/mol. The average Bonchev–Trinajstić information content (AvgIpc) is 3.25. The normalized spacial score (nSPS) is 17.2. The smallest absolute Gasteiger partial charge is 0.330 e. The van der Waals surface area contributed by atoms with Crippen LogP contribution >= 0.6 is 0 Å². The second-order valence-corrected chi connectivity index (χ2v) is 9.89. The Hall–Kier alpha value is -2.96. The Labute approximate surface area is 182 Å². The molecule has 0 bridgehead atoms. The molecule has 4 rings (SSSR count). The van der Waals surface area contributed by atoms with Gasteiger partial charge in [0.1, 0.15) is 0 Å². The molecule has 0 spiro atoms. The standard InChI is InChI=1S/C24H31N5O2/c1-24(2,3)15-29-19-11-10-18(26-21(19)28(5)23(29)31)17-8-6-16(7-9-17)14-20(30)22-25-12-13-27(22)4/h8,10-13,16H,6-7,9,14-15H2,1-5H3. The molecule has 0 radical (unpaired) electrons. The van der Waals surface area contributed by atoms with Crippen LogP contribution in [0.25, 0.3) is 16.7 Å². The average molecular weight is 422 g/mol. The number of hydrogen-bond acceptors (Lipinski definition) is 4. The molecule has 7 nitrogen and oxygen atoms in total. The van der Waals surface area contributed by atoms with Gasteiger partial charge in [-0.3, -0.25) is 13.9 Å². The van der Waals surface area contributed by atoms with E-state index in [1.54, 1.807) is 28.6 Å². The summed E-state index contributed by atoms with van der Waals surface area (Å²) in [6.45, 7) is 7.03. The van der Waals surface area contributed by atoms with E-state index in [1.165, 1.54) is 5.57 Å². The number of carbonyl (C=O) groups is 1. The maximum atomic E-state index is 12.8. The van der Waals surface area contributed by atoms with Crippen molar-refractivity contribution in [2.45, 2.75) is 53.0 Å². The fraction of sp³-hybridized carbons (Fsp3) is 0.500. The van der Waals surface area contributed by atoms with E-state index in [0.717, 1.165) is 36.1 Å². The predicted molar refractivity (Wildman–Crippen MR) is 122 cm³/mol. The minimum absolute atomic E-state index is 0.00403. The third kappa shape index (κ3) is 4.27. The molecule has 1 aliphatic carbocycles. The molecule has 0 fully saturated rings. The number of imidazole rings is 2. The largest absolute Gasteiger partial charge is 0.332 e. The van der Waals surface area contributed by atoms with Gasteiger partial charge in [-0.05, 0) is 48.3 Å². The summed E-state index contributed by atoms with van der Waals surface area (Å²) in [6.07, 6.45) is 8.88. The molecule has 0 saturated heterocycles. The van der Waals surface area contributed by atoms with Gasteiger partial charge in [0.2, 0.25) is 0 Å².